The number of nitrogens with zero attached hydrogens (tertiary/aromatic N) is 1. The normalized spacial score (nSPS) is 33.8. The molecule has 1 amide bonds. The molecule has 2 unspecified atom stereocenters. The lowest BCUT2D eigenvalue weighted by Gasteiger charge is -2.25. The van der Waals surface area contributed by atoms with Gasteiger partial charge in [0.2, 0.25) is 5.91 Å². The van der Waals surface area contributed by atoms with Gasteiger partial charge in [-0.25, -0.2) is 0 Å². The summed E-state index contributed by atoms with van der Waals surface area (Å²) in [7, 11) is 0. The summed E-state index contributed by atoms with van der Waals surface area (Å²) in [6.07, 6.45) is 0. The van der Waals surface area contributed by atoms with Gasteiger partial charge in [-0.15, -0.1) is 0 Å². The minimum atomic E-state index is 0.0958. The fraction of sp³-hybridized carbons (Fsp3) is 0.889. The molecule has 2 atom stereocenters. The highest BCUT2D eigenvalue weighted by Gasteiger charge is 2.40. The quantitative estimate of drug-likeness (QED) is 0.635. The molecule has 1 saturated heterocycles. The fourth-order valence-electron chi connectivity index (χ4n) is 1.76. The minimum absolute atomic E-state index is 0.0958. The number of rotatable bonds is 2. The van der Waals surface area contributed by atoms with Crippen molar-refractivity contribution in [2.24, 2.45) is 17.1 Å². The lowest BCUT2D eigenvalue weighted by molar-refractivity contribution is -0.127. The first-order valence-corrected chi connectivity index (χ1v) is 5.25. The van der Waals surface area contributed by atoms with Gasteiger partial charge in [0.05, 0.1) is 5.75 Å². The van der Waals surface area contributed by atoms with Crippen LogP contribution in [0.3, 0.4) is 0 Å². The van der Waals surface area contributed by atoms with Gasteiger partial charge in [0, 0.05) is 18.5 Å². The van der Waals surface area contributed by atoms with Crippen molar-refractivity contribution in [2.45, 2.75) is 13.8 Å². The summed E-state index contributed by atoms with van der Waals surface area (Å²) in [6.45, 7) is 6.55. The largest absolute Gasteiger partial charge is 0.341 e. The summed E-state index contributed by atoms with van der Waals surface area (Å²) in [4.78, 5) is 13.2. The number of carbonyl (C=O) groups is 1. The fourth-order valence-corrected chi connectivity index (χ4v) is 1.96. The predicted octanol–water partition coefficient (Wildman–Crippen LogP) is 0.360. The highest BCUT2D eigenvalue weighted by atomic mass is 32.1. The molecule has 2 N–H and O–H groups in total. The van der Waals surface area contributed by atoms with Crippen molar-refractivity contribution < 1.29 is 4.79 Å². The van der Waals surface area contributed by atoms with Gasteiger partial charge < -0.3 is 10.6 Å². The third kappa shape index (κ3) is 1.99. The maximum Gasteiger partial charge on any atom is 0.232 e. The Kier molecular flexibility index (Phi) is 3.24. The first-order chi connectivity index (χ1) is 6.03. The van der Waals surface area contributed by atoms with E-state index in [2.05, 4.69) is 26.5 Å². The smallest absolute Gasteiger partial charge is 0.232 e. The molecule has 1 fully saturated rings. The molecule has 4 heteroatoms. The van der Waals surface area contributed by atoms with Gasteiger partial charge in [-0.1, -0.05) is 13.8 Å². The van der Waals surface area contributed by atoms with Crippen molar-refractivity contribution in [3.05, 3.63) is 0 Å². The Morgan fingerprint density at radius 2 is 2.38 bits per heavy atom. The molecule has 0 radical (unpaired) electrons. The number of hydrogen-bond acceptors (Lipinski definition) is 3. The zero-order valence-electron chi connectivity index (χ0n) is 8.29. The van der Waals surface area contributed by atoms with Crippen LogP contribution >= 0.6 is 12.6 Å². The van der Waals surface area contributed by atoms with Gasteiger partial charge in [-0.3, -0.25) is 4.79 Å². The van der Waals surface area contributed by atoms with E-state index in [1.807, 2.05) is 4.90 Å². The molecule has 0 bridgehead atoms. The lowest BCUT2D eigenvalue weighted by atomic mass is 9.81. The van der Waals surface area contributed by atoms with Crippen LogP contribution in [0.25, 0.3) is 0 Å². The van der Waals surface area contributed by atoms with Crippen LogP contribution in [-0.2, 0) is 4.79 Å². The maximum atomic E-state index is 11.4. The number of amides is 1. The molecule has 0 aromatic carbocycles. The summed E-state index contributed by atoms with van der Waals surface area (Å²) >= 11 is 3.98. The van der Waals surface area contributed by atoms with Gasteiger partial charge in [-0.05, 0) is 12.5 Å². The number of nitrogens with two attached hydrogens (primary N) is 1. The first kappa shape index (κ1) is 10.9. The third-order valence-electron chi connectivity index (χ3n) is 3.19. The Balaban J connectivity index is 2.65. The Hall–Kier alpha value is -0.220. The Morgan fingerprint density at radius 3 is 2.77 bits per heavy atom. The van der Waals surface area contributed by atoms with E-state index in [9.17, 15) is 4.79 Å². The SMILES string of the molecule is CC1CN(C(=O)CS)CC1(C)CN. The van der Waals surface area contributed by atoms with Crippen LogP contribution in [0.2, 0.25) is 0 Å². The summed E-state index contributed by atoms with van der Waals surface area (Å²) in [5, 5.41) is 0. The Morgan fingerprint density at radius 1 is 1.77 bits per heavy atom. The standard InChI is InChI=1S/C9H18N2OS/c1-7-3-11(8(12)4-13)6-9(7,2)5-10/h7,13H,3-6,10H2,1-2H3. The molecule has 0 saturated carbocycles. The van der Waals surface area contributed by atoms with Crippen molar-refractivity contribution in [1.82, 2.24) is 4.90 Å². The zero-order chi connectivity index (χ0) is 10.1. The van der Waals surface area contributed by atoms with Gasteiger partial charge in [0.15, 0.2) is 0 Å². The second kappa shape index (κ2) is 3.88. The second-order valence-electron chi connectivity index (χ2n) is 4.19. The monoisotopic (exact) mass is 202 g/mol. The molecule has 3 nitrogen and oxygen atoms in total. The van der Waals surface area contributed by atoms with Crippen LogP contribution in [0.1, 0.15) is 13.8 Å². The van der Waals surface area contributed by atoms with E-state index < -0.39 is 0 Å². The van der Waals surface area contributed by atoms with Crippen molar-refractivity contribution in [1.29, 1.82) is 0 Å². The molecule has 1 heterocycles. The Bertz CT molecular complexity index is 210. The number of thiol groups is 1. The molecule has 1 aliphatic heterocycles. The molecule has 13 heavy (non-hydrogen) atoms. The molecule has 1 aliphatic rings. The van der Waals surface area contributed by atoms with Crippen LogP contribution in [0.5, 0.6) is 0 Å². The number of carbonyl (C=O) groups excluding carboxylic acids is 1. The van der Waals surface area contributed by atoms with E-state index in [4.69, 9.17) is 5.73 Å². The van der Waals surface area contributed by atoms with Crippen molar-refractivity contribution in [3.8, 4) is 0 Å². The predicted molar refractivity (Wildman–Crippen MR) is 56.8 cm³/mol. The van der Waals surface area contributed by atoms with Crippen LogP contribution in [0.15, 0.2) is 0 Å². The molecular formula is C9H18N2OS. The molecule has 0 aromatic rings. The van der Waals surface area contributed by atoms with E-state index in [1.165, 1.54) is 0 Å². The second-order valence-corrected chi connectivity index (χ2v) is 4.51. The molecule has 0 aromatic heterocycles. The van der Waals surface area contributed by atoms with E-state index in [0.29, 0.717) is 18.2 Å². The average Bonchev–Trinajstić information content (AvgIpc) is 2.43. The molecule has 0 spiro atoms. The van der Waals surface area contributed by atoms with Gasteiger partial charge in [-0.2, -0.15) is 12.6 Å². The summed E-state index contributed by atoms with van der Waals surface area (Å²) in [5.74, 6) is 0.904. The highest BCUT2D eigenvalue weighted by Crippen LogP contribution is 2.34. The zero-order valence-corrected chi connectivity index (χ0v) is 9.18. The van der Waals surface area contributed by atoms with Crippen molar-refractivity contribution in [2.75, 3.05) is 25.4 Å². The summed E-state index contributed by atoms with van der Waals surface area (Å²) in [5.41, 5.74) is 5.80. The maximum absolute atomic E-state index is 11.4. The van der Waals surface area contributed by atoms with Crippen LogP contribution in [0, 0.1) is 11.3 Å². The van der Waals surface area contributed by atoms with E-state index in [0.717, 1.165) is 13.1 Å². The number of likely N-dealkylation sites (tertiary alicyclic amines) is 1. The minimum Gasteiger partial charge on any atom is -0.341 e. The van der Waals surface area contributed by atoms with E-state index >= 15 is 0 Å². The molecule has 0 aliphatic carbocycles. The summed E-state index contributed by atoms with van der Waals surface area (Å²) < 4.78 is 0. The number of hydrogen-bond donors (Lipinski definition) is 2. The van der Waals surface area contributed by atoms with Gasteiger partial charge in [0.1, 0.15) is 0 Å². The van der Waals surface area contributed by atoms with Gasteiger partial charge in [0.25, 0.3) is 0 Å². The topological polar surface area (TPSA) is 46.3 Å². The van der Waals surface area contributed by atoms with Crippen LogP contribution < -0.4 is 5.73 Å². The average molecular weight is 202 g/mol. The highest BCUT2D eigenvalue weighted by molar-refractivity contribution is 7.81. The molecule has 76 valence electrons. The molecule has 1 rings (SSSR count). The lowest BCUT2D eigenvalue weighted by Crippen LogP contribution is -2.36. The van der Waals surface area contributed by atoms with Crippen molar-refractivity contribution >= 4 is 18.5 Å². The molecular weight excluding hydrogens is 184 g/mol. The van der Waals surface area contributed by atoms with E-state index in [1.54, 1.807) is 0 Å². The van der Waals surface area contributed by atoms with Gasteiger partial charge >= 0.3 is 0 Å². The Labute approximate surface area is 85.1 Å². The van der Waals surface area contributed by atoms with E-state index in [-0.39, 0.29) is 11.3 Å². The summed E-state index contributed by atoms with van der Waals surface area (Å²) in [6, 6.07) is 0. The van der Waals surface area contributed by atoms with Crippen LogP contribution in [-0.4, -0.2) is 36.2 Å². The van der Waals surface area contributed by atoms with Crippen molar-refractivity contribution in [3.63, 3.8) is 0 Å². The third-order valence-corrected chi connectivity index (χ3v) is 3.46. The van der Waals surface area contributed by atoms with Crippen LogP contribution in [0.4, 0.5) is 0 Å². The first-order valence-electron chi connectivity index (χ1n) is 4.62.